The van der Waals surface area contributed by atoms with E-state index < -0.39 is 0 Å². The number of hydrogen-bond donors (Lipinski definition) is 1. The molecule has 0 radical (unpaired) electrons. The van der Waals surface area contributed by atoms with Crippen molar-refractivity contribution in [2.45, 2.75) is 6.04 Å². The van der Waals surface area contributed by atoms with Gasteiger partial charge < -0.3 is 10.1 Å². The number of rotatable bonds is 4. The lowest BCUT2D eigenvalue weighted by molar-refractivity contribution is 0.384. The molecule has 6 heteroatoms. The zero-order chi connectivity index (χ0) is 13.8. The van der Waals surface area contributed by atoms with E-state index in [4.69, 9.17) is 27.9 Å². The molecule has 1 unspecified atom stereocenters. The summed E-state index contributed by atoms with van der Waals surface area (Å²) in [5.41, 5.74) is 1.49. The quantitative estimate of drug-likeness (QED) is 0.942. The molecule has 4 nitrogen and oxygen atoms in total. The molecule has 1 heterocycles. The monoisotopic (exact) mass is 297 g/mol. The highest BCUT2D eigenvalue weighted by Crippen LogP contribution is 2.32. The van der Waals surface area contributed by atoms with Crippen LogP contribution in [0, 0.1) is 0 Å². The molecule has 1 N–H and O–H groups in total. The molecule has 1 aromatic carbocycles. The van der Waals surface area contributed by atoms with Gasteiger partial charge in [-0.3, -0.25) is 4.98 Å². The van der Waals surface area contributed by atoms with Gasteiger partial charge in [0.1, 0.15) is 5.69 Å². The summed E-state index contributed by atoms with van der Waals surface area (Å²) in [4.78, 5) is 8.46. The largest absolute Gasteiger partial charge is 0.480 e. The molecule has 0 spiro atoms. The minimum atomic E-state index is -0.241. The molecule has 0 aliphatic heterocycles. The van der Waals surface area contributed by atoms with E-state index in [0.29, 0.717) is 21.6 Å². The molecule has 19 heavy (non-hydrogen) atoms. The summed E-state index contributed by atoms with van der Waals surface area (Å²) in [5.74, 6) is 0.456. The molecule has 0 saturated heterocycles. The van der Waals surface area contributed by atoms with E-state index in [1.165, 1.54) is 0 Å². The first-order valence-electron chi connectivity index (χ1n) is 5.64. The number of nitrogens with one attached hydrogen (secondary N) is 1. The highest BCUT2D eigenvalue weighted by Gasteiger charge is 2.21. The van der Waals surface area contributed by atoms with Gasteiger partial charge in [0.15, 0.2) is 0 Å². The number of halogens is 2. The third kappa shape index (κ3) is 2.97. The Hall–Kier alpha value is -1.36. The first-order valence-corrected chi connectivity index (χ1v) is 6.40. The molecule has 0 aliphatic carbocycles. The van der Waals surface area contributed by atoms with Gasteiger partial charge in [0, 0.05) is 22.4 Å². The molecule has 0 saturated carbocycles. The third-order valence-electron chi connectivity index (χ3n) is 2.72. The van der Waals surface area contributed by atoms with E-state index in [1.54, 1.807) is 37.7 Å². The van der Waals surface area contributed by atoms with E-state index in [2.05, 4.69) is 15.3 Å². The number of hydrogen-bond acceptors (Lipinski definition) is 4. The SMILES string of the molecule is CNC(c1cc(Cl)ccc1Cl)c1nccnc1OC. The normalized spacial score (nSPS) is 12.2. The van der Waals surface area contributed by atoms with Crippen LogP contribution in [0.3, 0.4) is 0 Å². The highest BCUT2D eigenvalue weighted by molar-refractivity contribution is 6.33. The van der Waals surface area contributed by atoms with Crippen molar-refractivity contribution >= 4 is 23.2 Å². The molecule has 2 aromatic rings. The predicted molar refractivity (Wildman–Crippen MR) is 75.9 cm³/mol. The lowest BCUT2D eigenvalue weighted by atomic mass is 10.0. The van der Waals surface area contributed by atoms with Crippen molar-refractivity contribution in [3.63, 3.8) is 0 Å². The molecular weight excluding hydrogens is 285 g/mol. The average molecular weight is 298 g/mol. The summed E-state index contributed by atoms with van der Waals surface area (Å²) in [7, 11) is 3.37. The Morgan fingerprint density at radius 3 is 2.63 bits per heavy atom. The lowest BCUT2D eigenvalue weighted by Crippen LogP contribution is -2.20. The van der Waals surface area contributed by atoms with Gasteiger partial charge in [-0.05, 0) is 30.8 Å². The fraction of sp³-hybridized carbons (Fsp3) is 0.231. The molecule has 100 valence electrons. The van der Waals surface area contributed by atoms with Gasteiger partial charge in [-0.2, -0.15) is 0 Å². The summed E-state index contributed by atoms with van der Waals surface area (Å²) in [6, 6.07) is 5.06. The van der Waals surface area contributed by atoms with Crippen LogP contribution in [0.25, 0.3) is 0 Å². The Morgan fingerprint density at radius 2 is 1.95 bits per heavy atom. The van der Waals surface area contributed by atoms with Gasteiger partial charge in [-0.1, -0.05) is 23.2 Å². The average Bonchev–Trinajstić information content (AvgIpc) is 2.44. The third-order valence-corrected chi connectivity index (χ3v) is 3.30. The Balaban J connectivity index is 2.53. The second kappa shape index (κ2) is 6.19. The van der Waals surface area contributed by atoms with Crippen molar-refractivity contribution in [2.24, 2.45) is 0 Å². The Morgan fingerprint density at radius 1 is 1.21 bits per heavy atom. The first-order chi connectivity index (χ1) is 9.17. The fourth-order valence-corrected chi connectivity index (χ4v) is 2.27. The van der Waals surface area contributed by atoms with Crippen LogP contribution in [-0.4, -0.2) is 24.1 Å². The van der Waals surface area contributed by atoms with Gasteiger partial charge in [-0.25, -0.2) is 4.98 Å². The van der Waals surface area contributed by atoms with E-state index in [0.717, 1.165) is 5.56 Å². The Labute approximate surface area is 121 Å². The van der Waals surface area contributed by atoms with Crippen LogP contribution < -0.4 is 10.1 Å². The number of nitrogens with zero attached hydrogens (tertiary/aromatic N) is 2. The van der Waals surface area contributed by atoms with Crippen LogP contribution in [0.5, 0.6) is 5.88 Å². The van der Waals surface area contributed by atoms with Crippen molar-refractivity contribution in [3.05, 3.63) is 51.9 Å². The van der Waals surface area contributed by atoms with Crippen molar-refractivity contribution in [1.82, 2.24) is 15.3 Å². The lowest BCUT2D eigenvalue weighted by Gasteiger charge is -2.19. The van der Waals surface area contributed by atoms with Crippen LogP contribution in [-0.2, 0) is 0 Å². The second-order valence-electron chi connectivity index (χ2n) is 3.84. The van der Waals surface area contributed by atoms with Crippen LogP contribution in [0.2, 0.25) is 10.0 Å². The maximum Gasteiger partial charge on any atom is 0.237 e. The minimum absolute atomic E-state index is 0.241. The molecule has 0 bridgehead atoms. The molecule has 0 amide bonds. The van der Waals surface area contributed by atoms with Crippen molar-refractivity contribution < 1.29 is 4.74 Å². The highest BCUT2D eigenvalue weighted by atomic mass is 35.5. The van der Waals surface area contributed by atoms with Crippen molar-refractivity contribution in [1.29, 1.82) is 0 Å². The first kappa shape index (κ1) is 14.1. The maximum atomic E-state index is 6.23. The van der Waals surface area contributed by atoms with Crippen LogP contribution >= 0.6 is 23.2 Å². The van der Waals surface area contributed by atoms with Gasteiger partial charge in [0.2, 0.25) is 5.88 Å². The van der Waals surface area contributed by atoms with Crippen molar-refractivity contribution in [2.75, 3.05) is 14.2 Å². The number of ether oxygens (including phenoxy) is 1. The van der Waals surface area contributed by atoms with Crippen LogP contribution in [0.4, 0.5) is 0 Å². The summed E-state index contributed by atoms with van der Waals surface area (Å²) in [6.45, 7) is 0. The molecule has 1 aromatic heterocycles. The van der Waals surface area contributed by atoms with Crippen LogP contribution in [0.1, 0.15) is 17.3 Å². The topological polar surface area (TPSA) is 47.0 Å². The van der Waals surface area contributed by atoms with Gasteiger partial charge in [-0.15, -0.1) is 0 Å². The zero-order valence-corrected chi connectivity index (χ0v) is 12.0. The summed E-state index contributed by atoms with van der Waals surface area (Å²) >= 11 is 12.3. The summed E-state index contributed by atoms with van der Waals surface area (Å²) < 4.78 is 5.23. The van der Waals surface area contributed by atoms with Gasteiger partial charge >= 0.3 is 0 Å². The Bertz CT molecular complexity index is 578. The van der Waals surface area contributed by atoms with E-state index in [-0.39, 0.29) is 6.04 Å². The van der Waals surface area contributed by atoms with Crippen LogP contribution in [0.15, 0.2) is 30.6 Å². The molecular formula is C13H13Cl2N3O. The van der Waals surface area contributed by atoms with E-state index in [9.17, 15) is 0 Å². The minimum Gasteiger partial charge on any atom is -0.480 e. The number of aromatic nitrogens is 2. The van der Waals surface area contributed by atoms with E-state index in [1.807, 2.05) is 7.05 Å². The van der Waals surface area contributed by atoms with Gasteiger partial charge in [0.25, 0.3) is 0 Å². The number of benzene rings is 1. The predicted octanol–water partition coefficient (Wildman–Crippen LogP) is 3.10. The smallest absolute Gasteiger partial charge is 0.237 e. The zero-order valence-electron chi connectivity index (χ0n) is 10.5. The fourth-order valence-electron chi connectivity index (χ4n) is 1.87. The molecule has 1 atom stereocenters. The van der Waals surface area contributed by atoms with E-state index >= 15 is 0 Å². The Kier molecular flexibility index (Phi) is 4.58. The second-order valence-corrected chi connectivity index (χ2v) is 4.68. The van der Waals surface area contributed by atoms with Gasteiger partial charge in [0.05, 0.1) is 13.2 Å². The molecule has 2 rings (SSSR count). The maximum absolute atomic E-state index is 6.23. The standard InChI is InChI=1S/C13H13Cl2N3O/c1-16-11(9-7-8(14)3-4-10(9)15)12-13(19-2)18-6-5-17-12/h3-7,11,16H,1-2H3. The summed E-state index contributed by atoms with van der Waals surface area (Å²) in [6.07, 6.45) is 3.19. The number of methoxy groups -OCH3 is 1. The molecule has 0 aliphatic rings. The molecule has 0 fully saturated rings. The summed E-state index contributed by atoms with van der Waals surface area (Å²) in [5, 5.41) is 4.37. The van der Waals surface area contributed by atoms with Crippen molar-refractivity contribution in [3.8, 4) is 5.88 Å².